The van der Waals surface area contributed by atoms with Crippen LogP contribution in [0.15, 0.2) is 53.1 Å². The first kappa shape index (κ1) is 9.92. The molecule has 18 heavy (non-hydrogen) atoms. The van der Waals surface area contributed by atoms with E-state index < -0.39 is 0 Å². The highest BCUT2D eigenvalue weighted by molar-refractivity contribution is 6.31. The highest BCUT2D eigenvalue weighted by atomic mass is 35.5. The van der Waals surface area contributed by atoms with Gasteiger partial charge in [0.15, 0.2) is 0 Å². The molecule has 0 saturated carbocycles. The van der Waals surface area contributed by atoms with Gasteiger partial charge in [-0.1, -0.05) is 17.7 Å². The van der Waals surface area contributed by atoms with Crippen LogP contribution in [0, 0.1) is 0 Å². The number of furan rings is 1. The first-order valence-corrected chi connectivity index (χ1v) is 6.06. The summed E-state index contributed by atoms with van der Waals surface area (Å²) in [6, 6.07) is 13.7. The van der Waals surface area contributed by atoms with Gasteiger partial charge in [0.2, 0.25) is 0 Å². The number of aromatic nitrogens is 1. The van der Waals surface area contributed by atoms with Crippen LogP contribution in [0.3, 0.4) is 0 Å². The van der Waals surface area contributed by atoms with Crippen LogP contribution in [0.5, 0.6) is 0 Å². The van der Waals surface area contributed by atoms with Crippen LogP contribution >= 0.6 is 11.6 Å². The summed E-state index contributed by atoms with van der Waals surface area (Å²) in [6.45, 7) is 0. The lowest BCUT2D eigenvalue weighted by Crippen LogP contribution is -1.76. The minimum absolute atomic E-state index is 0.684. The van der Waals surface area contributed by atoms with Gasteiger partial charge in [-0.3, -0.25) is 4.98 Å². The molecule has 2 aromatic carbocycles. The quantitative estimate of drug-likeness (QED) is 0.450. The molecule has 2 nitrogen and oxygen atoms in total. The number of hydrogen-bond donors (Lipinski definition) is 0. The molecule has 0 unspecified atom stereocenters. The number of nitrogens with zero attached hydrogens (tertiary/aromatic N) is 1. The van der Waals surface area contributed by atoms with Gasteiger partial charge in [0.1, 0.15) is 11.2 Å². The topological polar surface area (TPSA) is 26.0 Å². The number of halogens is 1. The van der Waals surface area contributed by atoms with E-state index in [0.29, 0.717) is 5.02 Å². The van der Waals surface area contributed by atoms with Crippen molar-refractivity contribution in [2.24, 2.45) is 0 Å². The standard InChI is InChI=1S/C15H8ClNO/c16-10-3-4-11-12-8-13-9(2-1-5-17-13)6-14(12)18-15(11)7-10/h1-8H. The summed E-state index contributed by atoms with van der Waals surface area (Å²) in [4.78, 5) is 4.37. The lowest BCUT2D eigenvalue weighted by atomic mass is 10.1. The molecule has 0 aliphatic heterocycles. The van der Waals surface area contributed by atoms with Gasteiger partial charge >= 0.3 is 0 Å². The zero-order valence-corrected chi connectivity index (χ0v) is 10.1. The zero-order valence-electron chi connectivity index (χ0n) is 9.35. The van der Waals surface area contributed by atoms with Crippen LogP contribution in [0.4, 0.5) is 0 Å². The minimum Gasteiger partial charge on any atom is -0.456 e. The molecule has 3 heteroatoms. The fraction of sp³-hybridized carbons (Fsp3) is 0. The molecule has 0 atom stereocenters. The molecule has 0 aliphatic rings. The number of pyridine rings is 1. The van der Waals surface area contributed by atoms with E-state index >= 15 is 0 Å². The van der Waals surface area contributed by atoms with Gasteiger partial charge in [-0.2, -0.15) is 0 Å². The Morgan fingerprint density at radius 1 is 0.944 bits per heavy atom. The average molecular weight is 254 g/mol. The predicted molar refractivity (Wildman–Crippen MR) is 74.0 cm³/mol. The van der Waals surface area contributed by atoms with E-state index in [1.54, 1.807) is 6.20 Å². The fourth-order valence-electron chi connectivity index (χ4n) is 2.32. The van der Waals surface area contributed by atoms with E-state index in [9.17, 15) is 0 Å². The molecule has 86 valence electrons. The fourth-order valence-corrected chi connectivity index (χ4v) is 2.48. The first-order chi connectivity index (χ1) is 8.81. The SMILES string of the molecule is Clc1ccc2c(c1)oc1cc3cccnc3cc12. The van der Waals surface area contributed by atoms with Gasteiger partial charge in [0.05, 0.1) is 5.52 Å². The third-order valence-corrected chi connectivity index (χ3v) is 3.39. The van der Waals surface area contributed by atoms with Crippen molar-refractivity contribution < 1.29 is 4.42 Å². The summed E-state index contributed by atoms with van der Waals surface area (Å²) in [6.07, 6.45) is 1.80. The third kappa shape index (κ3) is 1.33. The van der Waals surface area contributed by atoms with Gasteiger partial charge < -0.3 is 4.42 Å². The Morgan fingerprint density at radius 2 is 1.83 bits per heavy atom. The normalized spacial score (nSPS) is 11.6. The molecule has 4 aromatic rings. The molecule has 0 amide bonds. The van der Waals surface area contributed by atoms with Crippen LogP contribution in [-0.2, 0) is 0 Å². The Morgan fingerprint density at radius 3 is 2.78 bits per heavy atom. The van der Waals surface area contributed by atoms with E-state index in [0.717, 1.165) is 32.8 Å². The van der Waals surface area contributed by atoms with E-state index in [-0.39, 0.29) is 0 Å². The van der Waals surface area contributed by atoms with Crippen molar-refractivity contribution in [3.8, 4) is 0 Å². The maximum Gasteiger partial charge on any atom is 0.136 e. The minimum atomic E-state index is 0.684. The zero-order chi connectivity index (χ0) is 12.1. The van der Waals surface area contributed by atoms with Gasteiger partial charge in [-0.15, -0.1) is 0 Å². The Kier molecular flexibility index (Phi) is 1.91. The van der Waals surface area contributed by atoms with Crippen LogP contribution in [-0.4, -0.2) is 4.98 Å². The molecule has 0 radical (unpaired) electrons. The lowest BCUT2D eigenvalue weighted by Gasteiger charge is -1.95. The first-order valence-electron chi connectivity index (χ1n) is 5.68. The summed E-state index contributed by atoms with van der Waals surface area (Å²) in [7, 11) is 0. The highest BCUT2D eigenvalue weighted by Gasteiger charge is 2.08. The molecule has 0 spiro atoms. The smallest absolute Gasteiger partial charge is 0.136 e. The summed E-state index contributed by atoms with van der Waals surface area (Å²) >= 11 is 5.98. The van der Waals surface area contributed by atoms with Crippen LogP contribution in [0.1, 0.15) is 0 Å². The van der Waals surface area contributed by atoms with E-state index in [1.807, 2.05) is 36.4 Å². The molecule has 0 aliphatic carbocycles. The Hall–Kier alpha value is -2.06. The van der Waals surface area contributed by atoms with Gasteiger partial charge in [0.25, 0.3) is 0 Å². The molecule has 0 fully saturated rings. The van der Waals surface area contributed by atoms with Crippen LogP contribution in [0.25, 0.3) is 32.8 Å². The number of fused-ring (bicyclic) bond motifs is 4. The second kappa shape index (κ2) is 3.47. The van der Waals surface area contributed by atoms with Crippen molar-refractivity contribution in [3.63, 3.8) is 0 Å². The van der Waals surface area contributed by atoms with E-state index in [2.05, 4.69) is 11.1 Å². The lowest BCUT2D eigenvalue weighted by molar-refractivity contribution is 0.669. The predicted octanol–water partition coefficient (Wildman–Crippen LogP) is 4.79. The molecule has 0 bridgehead atoms. The summed E-state index contributed by atoms with van der Waals surface area (Å²) < 4.78 is 5.83. The maximum absolute atomic E-state index is 5.98. The number of rotatable bonds is 0. The second-order valence-corrected chi connectivity index (χ2v) is 4.72. The maximum atomic E-state index is 5.98. The van der Waals surface area contributed by atoms with Crippen molar-refractivity contribution in [3.05, 3.63) is 53.7 Å². The Labute approximate surface area is 108 Å². The molecular formula is C15H8ClNO. The molecule has 0 saturated heterocycles. The Bertz CT molecular complexity index is 895. The van der Waals surface area contributed by atoms with Crippen LogP contribution in [0.2, 0.25) is 5.02 Å². The van der Waals surface area contributed by atoms with Crippen molar-refractivity contribution in [1.82, 2.24) is 4.98 Å². The monoisotopic (exact) mass is 253 g/mol. The summed E-state index contributed by atoms with van der Waals surface area (Å²) in [5, 5.41) is 3.91. The van der Waals surface area contributed by atoms with Gasteiger partial charge in [-0.25, -0.2) is 0 Å². The van der Waals surface area contributed by atoms with Gasteiger partial charge in [-0.05, 0) is 30.3 Å². The third-order valence-electron chi connectivity index (χ3n) is 3.16. The number of benzene rings is 2. The van der Waals surface area contributed by atoms with E-state index in [1.165, 1.54) is 0 Å². The molecular weight excluding hydrogens is 246 g/mol. The van der Waals surface area contributed by atoms with E-state index in [4.69, 9.17) is 16.0 Å². The highest BCUT2D eigenvalue weighted by Crippen LogP contribution is 2.32. The van der Waals surface area contributed by atoms with Crippen molar-refractivity contribution in [1.29, 1.82) is 0 Å². The molecule has 4 rings (SSSR count). The van der Waals surface area contributed by atoms with Crippen molar-refractivity contribution >= 4 is 44.4 Å². The van der Waals surface area contributed by atoms with Gasteiger partial charge in [0, 0.05) is 33.4 Å². The Balaban J connectivity index is 2.23. The number of hydrogen-bond acceptors (Lipinski definition) is 2. The summed E-state index contributed by atoms with van der Waals surface area (Å²) in [5.41, 5.74) is 2.66. The molecule has 2 aromatic heterocycles. The molecule has 0 N–H and O–H groups in total. The largest absolute Gasteiger partial charge is 0.456 e. The second-order valence-electron chi connectivity index (χ2n) is 4.29. The summed E-state index contributed by atoms with van der Waals surface area (Å²) in [5.74, 6) is 0. The van der Waals surface area contributed by atoms with Crippen molar-refractivity contribution in [2.75, 3.05) is 0 Å². The van der Waals surface area contributed by atoms with Crippen molar-refractivity contribution in [2.45, 2.75) is 0 Å². The average Bonchev–Trinajstić information content (AvgIpc) is 2.72. The molecule has 2 heterocycles. The van der Waals surface area contributed by atoms with Crippen LogP contribution < -0.4 is 0 Å².